The summed E-state index contributed by atoms with van der Waals surface area (Å²) in [5.41, 5.74) is 1.21. The van der Waals surface area contributed by atoms with E-state index in [1.165, 1.54) is 6.07 Å². The molecule has 0 aliphatic heterocycles. The lowest BCUT2D eigenvalue weighted by Gasteiger charge is -2.26. The average molecular weight is 355 g/mol. The highest BCUT2D eigenvalue weighted by Gasteiger charge is 2.22. The fourth-order valence-electron chi connectivity index (χ4n) is 2.73. The number of aryl methyl sites for hydroxylation is 1. The Balaban J connectivity index is 1.60. The molecule has 2 aromatic heterocycles. The number of benzene rings is 1. The van der Waals surface area contributed by atoms with Crippen molar-refractivity contribution in [3.63, 3.8) is 0 Å². The molecule has 26 heavy (non-hydrogen) atoms. The molecule has 0 radical (unpaired) electrons. The predicted molar refractivity (Wildman–Crippen MR) is 98.3 cm³/mol. The van der Waals surface area contributed by atoms with Crippen LogP contribution in [0.2, 0.25) is 0 Å². The zero-order chi connectivity index (χ0) is 18.7. The maximum absolute atomic E-state index is 13.6. The molecular weight excluding hydrogens is 333 g/mol. The SMILES string of the molecule is Cn1ccc2cc(C(=O)NC(C)(C)COCc3ccccc3F)cnc21. The molecule has 3 rings (SSSR count). The number of amides is 1. The average Bonchev–Trinajstić information content (AvgIpc) is 2.97. The summed E-state index contributed by atoms with van der Waals surface area (Å²) in [4.78, 5) is 16.9. The van der Waals surface area contributed by atoms with E-state index in [0.29, 0.717) is 11.1 Å². The van der Waals surface area contributed by atoms with Crippen molar-refractivity contribution in [1.82, 2.24) is 14.9 Å². The molecule has 0 aliphatic carbocycles. The molecule has 0 spiro atoms. The Morgan fingerprint density at radius 3 is 2.85 bits per heavy atom. The minimum Gasteiger partial charge on any atom is -0.374 e. The van der Waals surface area contributed by atoms with Gasteiger partial charge in [-0.25, -0.2) is 9.37 Å². The molecule has 2 heterocycles. The molecule has 6 heteroatoms. The first-order chi connectivity index (χ1) is 12.4. The first kappa shape index (κ1) is 18.1. The molecule has 0 fully saturated rings. The van der Waals surface area contributed by atoms with E-state index in [0.717, 1.165) is 11.0 Å². The van der Waals surface area contributed by atoms with Crippen LogP contribution < -0.4 is 5.32 Å². The minimum absolute atomic E-state index is 0.156. The number of pyridine rings is 1. The van der Waals surface area contributed by atoms with Crippen molar-refractivity contribution in [2.75, 3.05) is 6.61 Å². The second kappa shape index (κ2) is 7.25. The highest BCUT2D eigenvalue weighted by atomic mass is 19.1. The van der Waals surface area contributed by atoms with Gasteiger partial charge in [0.2, 0.25) is 0 Å². The third-order valence-electron chi connectivity index (χ3n) is 4.10. The highest BCUT2D eigenvalue weighted by molar-refractivity contribution is 5.97. The van der Waals surface area contributed by atoms with Crippen LogP contribution >= 0.6 is 0 Å². The molecule has 1 aromatic carbocycles. The van der Waals surface area contributed by atoms with Crippen molar-refractivity contribution in [1.29, 1.82) is 0 Å². The number of carbonyl (C=O) groups is 1. The number of halogens is 1. The summed E-state index contributed by atoms with van der Waals surface area (Å²) in [6, 6.07) is 10.2. The number of nitrogens with zero attached hydrogens (tertiary/aromatic N) is 2. The van der Waals surface area contributed by atoms with Crippen LogP contribution in [-0.2, 0) is 18.4 Å². The van der Waals surface area contributed by atoms with Gasteiger partial charge in [-0.3, -0.25) is 4.79 Å². The first-order valence-corrected chi connectivity index (χ1v) is 8.40. The molecule has 0 atom stereocenters. The molecule has 3 aromatic rings. The summed E-state index contributed by atoms with van der Waals surface area (Å²) in [6.45, 7) is 4.14. The fourth-order valence-corrected chi connectivity index (χ4v) is 2.73. The number of rotatable bonds is 6. The van der Waals surface area contributed by atoms with Gasteiger partial charge in [-0.2, -0.15) is 0 Å². The molecule has 0 saturated heterocycles. The van der Waals surface area contributed by atoms with E-state index < -0.39 is 5.54 Å². The summed E-state index contributed by atoms with van der Waals surface area (Å²) in [5.74, 6) is -0.515. The second-order valence-electron chi connectivity index (χ2n) is 6.99. The van der Waals surface area contributed by atoms with Crippen molar-refractivity contribution in [3.8, 4) is 0 Å². The van der Waals surface area contributed by atoms with Crippen LogP contribution in [0.3, 0.4) is 0 Å². The van der Waals surface area contributed by atoms with E-state index in [-0.39, 0.29) is 24.9 Å². The van der Waals surface area contributed by atoms with Gasteiger partial charge < -0.3 is 14.6 Å². The number of nitrogens with one attached hydrogen (secondary N) is 1. The lowest BCUT2D eigenvalue weighted by Crippen LogP contribution is -2.47. The van der Waals surface area contributed by atoms with Gasteiger partial charge in [0.05, 0.1) is 24.3 Å². The van der Waals surface area contributed by atoms with Gasteiger partial charge in [0, 0.05) is 30.4 Å². The summed E-state index contributed by atoms with van der Waals surface area (Å²) in [6.07, 6.45) is 3.47. The van der Waals surface area contributed by atoms with Gasteiger partial charge in [-0.1, -0.05) is 18.2 Å². The number of fused-ring (bicyclic) bond motifs is 1. The molecule has 0 unspecified atom stereocenters. The van der Waals surface area contributed by atoms with Gasteiger partial charge in [0.15, 0.2) is 0 Å². The second-order valence-corrected chi connectivity index (χ2v) is 6.99. The summed E-state index contributed by atoms with van der Waals surface area (Å²) < 4.78 is 21.1. The first-order valence-electron chi connectivity index (χ1n) is 8.40. The van der Waals surface area contributed by atoms with Crippen LogP contribution in [0.4, 0.5) is 4.39 Å². The van der Waals surface area contributed by atoms with Crippen LogP contribution in [0.15, 0.2) is 48.8 Å². The number of ether oxygens (including phenoxy) is 1. The Labute approximate surface area is 151 Å². The van der Waals surface area contributed by atoms with Crippen molar-refractivity contribution < 1.29 is 13.9 Å². The number of aromatic nitrogens is 2. The van der Waals surface area contributed by atoms with Crippen LogP contribution in [0.5, 0.6) is 0 Å². The van der Waals surface area contributed by atoms with Gasteiger partial charge >= 0.3 is 0 Å². The Bertz CT molecular complexity index is 934. The summed E-state index contributed by atoms with van der Waals surface area (Å²) >= 11 is 0. The van der Waals surface area contributed by atoms with Gasteiger partial charge in [-0.15, -0.1) is 0 Å². The normalized spacial score (nSPS) is 11.7. The van der Waals surface area contributed by atoms with Crippen LogP contribution in [0.1, 0.15) is 29.8 Å². The Morgan fingerprint density at radius 1 is 1.31 bits per heavy atom. The fraction of sp³-hybridized carbons (Fsp3) is 0.300. The summed E-state index contributed by atoms with van der Waals surface area (Å²) in [5, 5.41) is 3.85. The molecule has 136 valence electrons. The Hall–Kier alpha value is -2.73. The van der Waals surface area contributed by atoms with E-state index >= 15 is 0 Å². The van der Waals surface area contributed by atoms with Gasteiger partial charge in [0.25, 0.3) is 5.91 Å². The van der Waals surface area contributed by atoms with Crippen molar-refractivity contribution in [3.05, 3.63) is 65.7 Å². The molecule has 5 nitrogen and oxygen atoms in total. The maximum Gasteiger partial charge on any atom is 0.253 e. The lowest BCUT2D eigenvalue weighted by molar-refractivity contribution is 0.0606. The largest absolute Gasteiger partial charge is 0.374 e. The third kappa shape index (κ3) is 4.08. The van der Waals surface area contributed by atoms with E-state index in [1.54, 1.807) is 24.4 Å². The topological polar surface area (TPSA) is 56.2 Å². The van der Waals surface area contributed by atoms with Crippen LogP contribution in [0, 0.1) is 5.82 Å². The zero-order valence-corrected chi connectivity index (χ0v) is 15.1. The molecule has 0 bridgehead atoms. The van der Waals surface area contributed by atoms with E-state index in [2.05, 4.69) is 10.3 Å². The van der Waals surface area contributed by atoms with Gasteiger partial charge in [-0.05, 0) is 32.0 Å². The van der Waals surface area contributed by atoms with Crippen LogP contribution in [0.25, 0.3) is 11.0 Å². The highest BCUT2D eigenvalue weighted by Crippen LogP contribution is 2.15. The maximum atomic E-state index is 13.6. The summed E-state index contributed by atoms with van der Waals surface area (Å²) in [7, 11) is 1.91. The number of carbonyl (C=O) groups excluding carboxylic acids is 1. The molecule has 1 N–H and O–H groups in total. The van der Waals surface area contributed by atoms with Crippen molar-refractivity contribution >= 4 is 16.9 Å². The molecular formula is C20H22FN3O2. The third-order valence-corrected chi connectivity index (χ3v) is 4.10. The minimum atomic E-state index is -0.603. The van der Waals surface area contributed by atoms with E-state index in [4.69, 9.17) is 4.74 Å². The number of hydrogen-bond donors (Lipinski definition) is 1. The molecule has 1 amide bonds. The smallest absolute Gasteiger partial charge is 0.253 e. The Morgan fingerprint density at radius 2 is 2.08 bits per heavy atom. The Kier molecular flexibility index (Phi) is 5.04. The van der Waals surface area contributed by atoms with Gasteiger partial charge in [0.1, 0.15) is 11.5 Å². The quantitative estimate of drug-likeness (QED) is 0.737. The molecule has 0 aliphatic rings. The number of hydrogen-bond acceptors (Lipinski definition) is 3. The molecule has 0 saturated carbocycles. The van der Waals surface area contributed by atoms with E-state index in [1.807, 2.05) is 43.8 Å². The predicted octanol–water partition coefficient (Wildman–Crippen LogP) is 3.44. The van der Waals surface area contributed by atoms with Crippen LogP contribution in [-0.4, -0.2) is 27.6 Å². The standard InChI is InChI=1S/C20H22FN3O2/c1-20(2,13-26-12-15-6-4-5-7-17(15)21)23-19(25)16-10-14-8-9-24(3)18(14)22-11-16/h4-11H,12-13H2,1-3H3,(H,23,25). The monoisotopic (exact) mass is 355 g/mol. The lowest BCUT2D eigenvalue weighted by atomic mass is 10.1. The zero-order valence-electron chi connectivity index (χ0n) is 15.1. The van der Waals surface area contributed by atoms with Crippen molar-refractivity contribution in [2.45, 2.75) is 26.0 Å². The van der Waals surface area contributed by atoms with E-state index in [9.17, 15) is 9.18 Å². The van der Waals surface area contributed by atoms with Crippen molar-refractivity contribution in [2.24, 2.45) is 7.05 Å².